The van der Waals surface area contributed by atoms with Gasteiger partial charge in [0.25, 0.3) is 0 Å². The van der Waals surface area contributed by atoms with Crippen LogP contribution in [-0.2, 0) is 13.0 Å². The van der Waals surface area contributed by atoms with Crippen molar-refractivity contribution in [1.29, 1.82) is 0 Å². The minimum absolute atomic E-state index is 0.152. The third-order valence-corrected chi connectivity index (χ3v) is 6.88. The van der Waals surface area contributed by atoms with Crippen molar-refractivity contribution < 1.29 is 22.3 Å². The van der Waals surface area contributed by atoms with Gasteiger partial charge in [0.1, 0.15) is 0 Å². The Hall–Kier alpha value is -3.05. The summed E-state index contributed by atoms with van der Waals surface area (Å²) < 4.78 is 61.0. The first-order valence-electron chi connectivity index (χ1n) is 10.7. The topological polar surface area (TPSA) is 25.4 Å². The Morgan fingerprint density at radius 1 is 0.971 bits per heavy atom. The first kappa shape index (κ1) is 24.1. The third-order valence-electron chi connectivity index (χ3n) is 5.53. The van der Waals surface area contributed by atoms with Crippen LogP contribution in [0.1, 0.15) is 16.7 Å². The van der Waals surface area contributed by atoms with E-state index in [1.165, 1.54) is 29.2 Å². The maximum absolute atomic E-state index is 13.8. The van der Waals surface area contributed by atoms with Crippen LogP contribution in [0.5, 0.6) is 5.88 Å². The number of hydrogen-bond acceptors (Lipinski definition) is 3. The molecule has 0 amide bonds. The molecule has 2 atom stereocenters. The minimum atomic E-state index is -4.41. The zero-order valence-electron chi connectivity index (χ0n) is 18.2. The fourth-order valence-corrected chi connectivity index (χ4v) is 4.92. The van der Waals surface area contributed by atoms with Crippen molar-refractivity contribution in [1.82, 2.24) is 9.88 Å². The van der Waals surface area contributed by atoms with Crippen molar-refractivity contribution in [2.75, 3.05) is 6.54 Å². The summed E-state index contributed by atoms with van der Waals surface area (Å²) in [6, 6.07) is 17.3. The molecule has 8 heteroatoms. The van der Waals surface area contributed by atoms with Gasteiger partial charge in [0.2, 0.25) is 0 Å². The predicted octanol–water partition coefficient (Wildman–Crippen LogP) is 5.15. The molecular formula is C26H23AsF4N2O. The summed E-state index contributed by atoms with van der Waals surface area (Å²) >= 11 is 1.11. The molecule has 0 N–H and O–H groups in total. The molecule has 1 aliphatic heterocycles. The molecule has 0 fully saturated rings. The summed E-state index contributed by atoms with van der Waals surface area (Å²) in [5.74, 6) is 0.0286. The summed E-state index contributed by atoms with van der Waals surface area (Å²) in [6.07, 6.45) is 0.261. The van der Waals surface area contributed by atoms with Crippen molar-refractivity contribution >= 4 is 22.4 Å². The molecule has 34 heavy (non-hydrogen) atoms. The number of pyridine rings is 1. The number of halogens is 4. The Bertz CT molecular complexity index is 1180. The normalized spacial score (nSPS) is 16.1. The molecule has 3 aromatic rings. The monoisotopic (exact) mass is 530 g/mol. The van der Waals surface area contributed by atoms with Crippen molar-refractivity contribution in [3.63, 3.8) is 0 Å². The quantitative estimate of drug-likeness (QED) is 0.312. The number of benzene rings is 2. The third kappa shape index (κ3) is 5.89. The van der Waals surface area contributed by atoms with Crippen LogP contribution < -0.4 is 4.74 Å². The fourth-order valence-electron chi connectivity index (χ4n) is 3.76. The van der Waals surface area contributed by atoms with Crippen LogP contribution in [-0.4, -0.2) is 45.5 Å². The number of allylic oxidation sites excluding steroid dienone is 2. The van der Waals surface area contributed by atoms with E-state index < -0.39 is 12.2 Å². The van der Waals surface area contributed by atoms with E-state index in [4.69, 9.17) is 4.74 Å². The van der Waals surface area contributed by atoms with Crippen molar-refractivity contribution in [2.45, 2.75) is 25.2 Å². The average Bonchev–Trinajstić information content (AvgIpc) is 2.83. The van der Waals surface area contributed by atoms with E-state index in [2.05, 4.69) is 4.98 Å². The molecule has 4 rings (SSSR count). The van der Waals surface area contributed by atoms with Crippen LogP contribution in [0.25, 0.3) is 5.57 Å². The van der Waals surface area contributed by atoms with E-state index in [0.717, 1.165) is 33.5 Å². The number of ether oxygens (including phenoxy) is 1. The molecule has 1 aromatic heterocycles. The molecule has 0 saturated carbocycles. The fraction of sp³-hybridized carbons (Fsp3) is 0.192. The van der Waals surface area contributed by atoms with Crippen LogP contribution in [0.4, 0.5) is 17.6 Å². The maximum atomic E-state index is 13.8. The number of alkyl halides is 3. The second-order valence-electron chi connectivity index (χ2n) is 7.87. The first-order chi connectivity index (χ1) is 16.3. The molecule has 0 spiro atoms. The number of rotatable bonds is 7. The van der Waals surface area contributed by atoms with Crippen molar-refractivity contribution in [3.05, 3.63) is 112 Å². The molecule has 0 aliphatic carbocycles. The van der Waals surface area contributed by atoms with Crippen molar-refractivity contribution in [3.8, 4) is 5.88 Å². The van der Waals surface area contributed by atoms with E-state index in [1.807, 2.05) is 30.3 Å². The summed E-state index contributed by atoms with van der Waals surface area (Å²) in [7, 11) is 0. The van der Waals surface area contributed by atoms with Gasteiger partial charge in [-0.05, 0) is 0 Å². The Morgan fingerprint density at radius 2 is 1.71 bits per heavy atom. The van der Waals surface area contributed by atoms with Crippen LogP contribution in [0.15, 0.2) is 89.6 Å². The molecule has 176 valence electrons. The molecule has 2 aromatic carbocycles. The Labute approximate surface area is 204 Å². The second kappa shape index (κ2) is 10.5. The molecule has 2 heterocycles. The molecular weight excluding hydrogens is 507 g/mol. The number of hydrogen-bond donors (Lipinski definition) is 0. The van der Waals surface area contributed by atoms with Gasteiger partial charge in [-0.2, -0.15) is 0 Å². The number of nitrogens with zero attached hydrogens (tertiary/aromatic N) is 2. The van der Waals surface area contributed by atoms with Gasteiger partial charge in [-0.3, -0.25) is 0 Å². The van der Waals surface area contributed by atoms with Gasteiger partial charge in [0, 0.05) is 0 Å². The van der Waals surface area contributed by atoms with Gasteiger partial charge in [0.15, 0.2) is 0 Å². The molecule has 3 nitrogen and oxygen atoms in total. The number of aromatic nitrogens is 1. The van der Waals surface area contributed by atoms with Gasteiger partial charge in [-0.25, -0.2) is 0 Å². The standard InChI is InChI=1S/C26H23AsF4N2O/c27-25-22(20-12-14-32-24(16-20)34-17-19-4-2-1-3-5-19)10-11-23(26(29,30)31)33(25)15-13-18-6-8-21(28)9-7-18/h1-12,14,16,23H,13,15,17,27H2. The summed E-state index contributed by atoms with van der Waals surface area (Å²) in [4.78, 5) is 5.62. The second-order valence-corrected chi connectivity index (χ2v) is 9.02. The van der Waals surface area contributed by atoms with E-state index in [1.54, 1.807) is 30.5 Å². The predicted molar refractivity (Wildman–Crippen MR) is 126 cm³/mol. The zero-order valence-corrected chi connectivity index (χ0v) is 20.6. The SMILES string of the molecule is Fc1ccc(CCN2C([AsH2])=C(c3ccnc(OCc4ccccc4)c3)C=CC2C(F)(F)F)cc1. The van der Waals surface area contributed by atoms with Crippen molar-refractivity contribution in [2.24, 2.45) is 0 Å². The van der Waals surface area contributed by atoms with Crippen LogP contribution in [0, 0.1) is 5.82 Å². The van der Waals surface area contributed by atoms with Gasteiger partial charge in [0.05, 0.1) is 0 Å². The van der Waals surface area contributed by atoms with E-state index in [-0.39, 0.29) is 12.4 Å². The van der Waals surface area contributed by atoms with Crippen LogP contribution >= 0.6 is 0 Å². The molecule has 0 saturated heterocycles. The molecule has 0 bridgehead atoms. The molecule has 1 aliphatic rings. The Balaban J connectivity index is 1.57. The summed E-state index contributed by atoms with van der Waals surface area (Å²) in [5.41, 5.74) is 3.21. The average molecular weight is 530 g/mol. The van der Waals surface area contributed by atoms with Gasteiger partial charge in [-0.1, -0.05) is 0 Å². The molecule has 0 radical (unpaired) electrons. The summed E-state index contributed by atoms with van der Waals surface area (Å²) in [6.45, 7) is 0.495. The van der Waals surface area contributed by atoms with Crippen LogP contribution in [0.3, 0.4) is 0 Å². The first-order valence-corrected chi connectivity index (χ1v) is 11.9. The van der Waals surface area contributed by atoms with E-state index in [0.29, 0.717) is 29.0 Å². The van der Waals surface area contributed by atoms with Gasteiger partial charge in [-0.15, -0.1) is 0 Å². The zero-order chi connectivity index (χ0) is 24.1. The van der Waals surface area contributed by atoms with E-state index >= 15 is 0 Å². The molecule has 2 unspecified atom stereocenters. The van der Waals surface area contributed by atoms with E-state index in [9.17, 15) is 17.6 Å². The Morgan fingerprint density at radius 3 is 2.41 bits per heavy atom. The van der Waals surface area contributed by atoms with Crippen LogP contribution in [0.2, 0.25) is 0 Å². The van der Waals surface area contributed by atoms with Gasteiger partial charge >= 0.3 is 204 Å². The summed E-state index contributed by atoms with van der Waals surface area (Å²) in [5, 5.41) is 0. The Kier molecular flexibility index (Phi) is 7.42. The van der Waals surface area contributed by atoms with Gasteiger partial charge < -0.3 is 0 Å².